The third-order valence-electron chi connectivity index (χ3n) is 1.89. The van der Waals surface area contributed by atoms with Crippen LogP contribution in [-0.2, 0) is 5.75 Å². The lowest BCUT2D eigenvalue weighted by atomic mass is 10.1. The number of carboxylic acids is 1. The summed E-state index contributed by atoms with van der Waals surface area (Å²) in [5.41, 5.74) is 1.46. The van der Waals surface area contributed by atoms with E-state index >= 15 is 0 Å². The first-order valence-corrected chi connectivity index (χ1v) is 6.15. The Balaban J connectivity index is 2.54. The van der Waals surface area contributed by atoms with Crippen molar-refractivity contribution in [1.82, 2.24) is 0 Å². The Morgan fingerprint density at radius 2 is 2.20 bits per heavy atom. The molecule has 0 amide bonds. The van der Waals surface area contributed by atoms with E-state index in [1.54, 1.807) is 18.2 Å². The Labute approximate surface area is 94.7 Å². The molecule has 0 bridgehead atoms. The predicted octanol–water partition coefficient (Wildman–Crippen LogP) is 3.27. The average Bonchev–Trinajstić information content (AvgIpc) is 2.17. The lowest BCUT2D eigenvalue weighted by molar-refractivity contribution is 0.0697. The summed E-state index contributed by atoms with van der Waals surface area (Å²) in [7, 11) is 0. The van der Waals surface area contributed by atoms with E-state index in [4.69, 9.17) is 5.11 Å². The summed E-state index contributed by atoms with van der Waals surface area (Å²) in [6.45, 7) is 4.36. The van der Waals surface area contributed by atoms with E-state index in [0.717, 1.165) is 17.1 Å². The monoisotopic (exact) mass is 224 g/mol. The van der Waals surface area contributed by atoms with Crippen LogP contribution in [0.25, 0.3) is 0 Å². The number of aromatic carboxylic acids is 1. The lowest BCUT2D eigenvalue weighted by Gasteiger charge is -2.05. The summed E-state index contributed by atoms with van der Waals surface area (Å²) in [5.74, 6) is 1.82. The van der Waals surface area contributed by atoms with Crippen LogP contribution in [0.3, 0.4) is 0 Å². The van der Waals surface area contributed by atoms with Gasteiger partial charge in [0.15, 0.2) is 0 Å². The van der Waals surface area contributed by atoms with Crippen LogP contribution in [0.15, 0.2) is 24.3 Å². The van der Waals surface area contributed by atoms with Crippen LogP contribution >= 0.6 is 11.8 Å². The molecular weight excluding hydrogens is 208 g/mol. The maximum atomic E-state index is 10.7. The molecule has 0 radical (unpaired) electrons. The Kier molecular flexibility index (Phi) is 4.69. The predicted molar refractivity (Wildman–Crippen MR) is 64.4 cm³/mol. The standard InChI is InChI=1S/C12H16O2S/c1-9(2)7-15-8-10-4-3-5-11(6-10)12(13)14/h3-6,9H,7-8H2,1-2H3,(H,13,14). The van der Waals surface area contributed by atoms with Gasteiger partial charge >= 0.3 is 5.97 Å². The van der Waals surface area contributed by atoms with Crippen molar-refractivity contribution in [3.63, 3.8) is 0 Å². The van der Waals surface area contributed by atoms with Crippen LogP contribution in [0.1, 0.15) is 29.8 Å². The average molecular weight is 224 g/mol. The molecule has 0 fully saturated rings. The van der Waals surface area contributed by atoms with Gasteiger partial charge in [-0.25, -0.2) is 4.79 Å². The number of thioether (sulfide) groups is 1. The third kappa shape index (κ3) is 4.38. The number of rotatable bonds is 5. The van der Waals surface area contributed by atoms with Gasteiger partial charge in [0, 0.05) is 5.75 Å². The number of hydrogen-bond donors (Lipinski definition) is 1. The molecule has 0 saturated heterocycles. The molecule has 1 aromatic carbocycles. The zero-order valence-corrected chi connectivity index (χ0v) is 9.88. The molecule has 1 aromatic rings. The summed E-state index contributed by atoms with van der Waals surface area (Å²) < 4.78 is 0. The van der Waals surface area contributed by atoms with Crippen LogP contribution in [0.2, 0.25) is 0 Å². The quantitative estimate of drug-likeness (QED) is 0.834. The summed E-state index contributed by atoms with van der Waals surface area (Å²) in [5, 5.41) is 8.82. The minimum absolute atomic E-state index is 0.373. The van der Waals surface area contributed by atoms with Crippen molar-refractivity contribution in [2.24, 2.45) is 5.92 Å². The second-order valence-corrected chi connectivity index (χ2v) is 4.94. The summed E-state index contributed by atoms with van der Waals surface area (Å²) in [6.07, 6.45) is 0. The largest absolute Gasteiger partial charge is 0.478 e. The molecule has 3 heteroatoms. The van der Waals surface area contributed by atoms with E-state index in [1.807, 2.05) is 17.8 Å². The molecule has 1 N–H and O–H groups in total. The van der Waals surface area contributed by atoms with Gasteiger partial charge in [-0.1, -0.05) is 26.0 Å². The molecule has 2 nitrogen and oxygen atoms in total. The fourth-order valence-electron chi connectivity index (χ4n) is 1.21. The van der Waals surface area contributed by atoms with Crippen LogP contribution < -0.4 is 0 Å². The lowest BCUT2D eigenvalue weighted by Crippen LogP contribution is -1.97. The minimum atomic E-state index is -0.856. The van der Waals surface area contributed by atoms with E-state index in [9.17, 15) is 4.79 Å². The molecule has 0 saturated carbocycles. The highest BCUT2D eigenvalue weighted by Crippen LogP contribution is 2.16. The van der Waals surface area contributed by atoms with Crippen molar-refractivity contribution < 1.29 is 9.90 Å². The molecule has 0 atom stereocenters. The highest BCUT2D eigenvalue weighted by atomic mass is 32.2. The number of hydrogen-bond acceptors (Lipinski definition) is 2. The number of carbonyl (C=O) groups is 1. The first-order valence-electron chi connectivity index (χ1n) is 4.99. The second kappa shape index (κ2) is 5.81. The molecule has 15 heavy (non-hydrogen) atoms. The molecule has 0 heterocycles. The van der Waals surface area contributed by atoms with Gasteiger partial charge in [-0.2, -0.15) is 11.8 Å². The van der Waals surface area contributed by atoms with Crippen LogP contribution in [0.5, 0.6) is 0 Å². The van der Waals surface area contributed by atoms with Crippen LogP contribution in [0, 0.1) is 5.92 Å². The zero-order chi connectivity index (χ0) is 11.3. The van der Waals surface area contributed by atoms with Crippen molar-refractivity contribution in [1.29, 1.82) is 0 Å². The van der Waals surface area contributed by atoms with Gasteiger partial charge in [0.1, 0.15) is 0 Å². The van der Waals surface area contributed by atoms with Gasteiger partial charge in [-0.05, 0) is 29.4 Å². The van der Waals surface area contributed by atoms with Gasteiger partial charge in [-0.3, -0.25) is 0 Å². The first-order chi connectivity index (χ1) is 7.09. The minimum Gasteiger partial charge on any atom is -0.478 e. The fourth-order valence-corrected chi connectivity index (χ4v) is 2.21. The van der Waals surface area contributed by atoms with Gasteiger partial charge in [0.2, 0.25) is 0 Å². The van der Waals surface area contributed by atoms with E-state index in [-0.39, 0.29) is 0 Å². The van der Waals surface area contributed by atoms with Crippen molar-refractivity contribution in [2.45, 2.75) is 19.6 Å². The Hall–Kier alpha value is -0.960. The van der Waals surface area contributed by atoms with E-state index in [0.29, 0.717) is 11.5 Å². The van der Waals surface area contributed by atoms with E-state index in [2.05, 4.69) is 13.8 Å². The summed E-state index contributed by atoms with van der Waals surface area (Å²) in [4.78, 5) is 10.7. The maximum absolute atomic E-state index is 10.7. The molecule has 0 aromatic heterocycles. The molecule has 0 aliphatic heterocycles. The topological polar surface area (TPSA) is 37.3 Å². The Morgan fingerprint density at radius 1 is 1.47 bits per heavy atom. The maximum Gasteiger partial charge on any atom is 0.335 e. The highest BCUT2D eigenvalue weighted by Gasteiger charge is 2.03. The van der Waals surface area contributed by atoms with Crippen LogP contribution in [-0.4, -0.2) is 16.8 Å². The third-order valence-corrected chi connectivity index (χ3v) is 3.33. The SMILES string of the molecule is CC(C)CSCc1cccc(C(=O)O)c1. The Morgan fingerprint density at radius 3 is 2.80 bits per heavy atom. The van der Waals surface area contributed by atoms with Crippen molar-refractivity contribution in [3.05, 3.63) is 35.4 Å². The highest BCUT2D eigenvalue weighted by molar-refractivity contribution is 7.98. The van der Waals surface area contributed by atoms with Crippen molar-refractivity contribution >= 4 is 17.7 Å². The normalized spacial score (nSPS) is 10.6. The van der Waals surface area contributed by atoms with Gasteiger partial charge < -0.3 is 5.11 Å². The molecule has 1 rings (SSSR count). The number of carboxylic acid groups (broad SMARTS) is 1. The number of benzene rings is 1. The molecular formula is C12H16O2S. The van der Waals surface area contributed by atoms with E-state index < -0.39 is 5.97 Å². The second-order valence-electron chi connectivity index (χ2n) is 3.91. The van der Waals surface area contributed by atoms with E-state index in [1.165, 1.54) is 0 Å². The molecule has 0 spiro atoms. The molecule has 82 valence electrons. The van der Waals surface area contributed by atoms with Crippen molar-refractivity contribution in [2.75, 3.05) is 5.75 Å². The van der Waals surface area contributed by atoms with Crippen LogP contribution in [0.4, 0.5) is 0 Å². The molecule has 0 aliphatic carbocycles. The van der Waals surface area contributed by atoms with Crippen molar-refractivity contribution in [3.8, 4) is 0 Å². The first kappa shape index (κ1) is 12.1. The Bertz CT molecular complexity index is 334. The molecule has 0 aliphatic rings. The smallest absolute Gasteiger partial charge is 0.335 e. The fraction of sp³-hybridized carbons (Fsp3) is 0.417. The van der Waals surface area contributed by atoms with Gasteiger partial charge in [-0.15, -0.1) is 0 Å². The van der Waals surface area contributed by atoms with Gasteiger partial charge in [0.25, 0.3) is 0 Å². The summed E-state index contributed by atoms with van der Waals surface area (Å²) >= 11 is 1.84. The summed E-state index contributed by atoms with van der Waals surface area (Å²) in [6, 6.07) is 7.14. The zero-order valence-electron chi connectivity index (χ0n) is 9.06. The van der Waals surface area contributed by atoms with Gasteiger partial charge in [0.05, 0.1) is 5.56 Å². The molecule has 0 unspecified atom stereocenters.